The standard InChI is InChI=1S/C11H15F2N3O3/c12-8-5-7(6-9(13)10(8)15-14)11(19)16(1-3-17)2-4-18/h5-6,15,17-18H,1-4,14H2. The Labute approximate surface area is 108 Å². The summed E-state index contributed by atoms with van der Waals surface area (Å²) in [7, 11) is 0. The van der Waals surface area contributed by atoms with Crippen LogP contribution in [0.25, 0.3) is 0 Å². The summed E-state index contributed by atoms with van der Waals surface area (Å²) < 4.78 is 26.9. The number of amides is 1. The van der Waals surface area contributed by atoms with Gasteiger partial charge in [-0.25, -0.2) is 8.78 Å². The van der Waals surface area contributed by atoms with Crippen LogP contribution in [-0.2, 0) is 0 Å². The summed E-state index contributed by atoms with van der Waals surface area (Å²) in [5.41, 5.74) is 1.09. The van der Waals surface area contributed by atoms with Crippen molar-refractivity contribution in [2.75, 3.05) is 31.7 Å². The van der Waals surface area contributed by atoms with Crippen LogP contribution in [0.1, 0.15) is 10.4 Å². The fraction of sp³-hybridized carbons (Fsp3) is 0.364. The van der Waals surface area contributed by atoms with Crippen molar-refractivity contribution in [2.24, 2.45) is 5.84 Å². The Bertz CT molecular complexity index is 428. The van der Waals surface area contributed by atoms with Crippen molar-refractivity contribution < 1.29 is 23.8 Å². The minimum atomic E-state index is -1.00. The van der Waals surface area contributed by atoms with Crippen molar-refractivity contribution in [3.8, 4) is 0 Å². The van der Waals surface area contributed by atoms with Crippen molar-refractivity contribution in [1.82, 2.24) is 4.90 Å². The number of nitrogens with one attached hydrogen (secondary N) is 1. The molecule has 0 radical (unpaired) electrons. The largest absolute Gasteiger partial charge is 0.395 e. The number of rotatable bonds is 6. The summed E-state index contributed by atoms with van der Waals surface area (Å²) >= 11 is 0. The van der Waals surface area contributed by atoms with E-state index >= 15 is 0 Å². The van der Waals surface area contributed by atoms with Gasteiger partial charge in [-0.1, -0.05) is 0 Å². The number of hydrogen-bond donors (Lipinski definition) is 4. The molecule has 0 bridgehead atoms. The number of hydrazine groups is 1. The number of aliphatic hydroxyl groups is 2. The van der Waals surface area contributed by atoms with Crippen LogP contribution >= 0.6 is 0 Å². The first kappa shape index (κ1) is 15.3. The number of aliphatic hydroxyl groups excluding tert-OH is 2. The lowest BCUT2D eigenvalue weighted by Gasteiger charge is -2.21. The Hall–Kier alpha value is -1.77. The normalized spacial score (nSPS) is 10.4. The molecule has 0 unspecified atom stereocenters. The van der Waals surface area contributed by atoms with Gasteiger partial charge in [-0.3, -0.25) is 10.6 Å². The summed E-state index contributed by atoms with van der Waals surface area (Å²) in [6.45, 7) is -0.725. The number of hydrogen-bond acceptors (Lipinski definition) is 5. The lowest BCUT2D eigenvalue weighted by molar-refractivity contribution is 0.0684. The van der Waals surface area contributed by atoms with Crippen LogP contribution in [0, 0.1) is 11.6 Å². The average molecular weight is 275 g/mol. The van der Waals surface area contributed by atoms with Crippen LogP contribution in [0.5, 0.6) is 0 Å². The van der Waals surface area contributed by atoms with E-state index in [1.54, 1.807) is 0 Å². The van der Waals surface area contributed by atoms with Gasteiger partial charge in [0.15, 0.2) is 11.6 Å². The molecule has 0 aliphatic heterocycles. The monoisotopic (exact) mass is 275 g/mol. The molecule has 0 heterocycles. The van der Waals surface area contributed by atoms with E-state index in [2.05, 4.69) is 0 Å². The molecule has 19 heavy (non-hydrogen) atoms. The molecule has 1 aromatic rings. The topological polar surface area (TPSA) is 98.8 Å². The molecule has 5 N–H and O–H groups in total. The Morgan fingerprint density at radius 1 is 1.21 bits per heavy atom. The number of nitrogens with two attached hydrogens (primary N) is 1. The van der Waals surface area contributed by atoms with Crippen LogP contribution in [0.15, 0.2) is 12.1 Å². The third-order valence-electron chi connectivity index (χ3n) is 2.46. The number of carbonyl (C=O) groups excluding carboxylic acids is 1. The summed E-state index contributed by atoms with van der Waals surface area (Å²) in [5, 5.41) is 17.6. The number of nitrogen functional groups attached to an aromatic ring is 1. The summed E-state index contributed by atoms with van der Waals surface area (Å²) in [6, 6.07) is 1.67. The van der Waals surface area contributed by atoms with Gasteiger partial charge in [0.05, 0.1) is 13.2 Å². The lowest BCUT2D eigenvalue weighted by atomic mass is 10.1. The zero-order chi connectivity index (χ0) is 14.4. The van der Waals surface area contributed by atoms with Gasteiger partial charge in [0.1, 0.15) is 5.69 Å². The highest BCUT2D eigenvalue weighted by molar-refractivity contribution is 5.94. The number of benzene rings is 1. The Balaban J connectivity index is 3.04. The minimum Gasteiger partial charge on any atom is -0.395 e. The lowest BCUT2D eigenvalue weighted by Crippen LogP contribution is -2.36. The van der Waals surface area contributed by atoms with E-state index in [1.807, 2.05) is 5.43 Å². The number of carbonyl (C=O) groups is 1. The Kier molecular flexibility index (Phi) is 5.61. The maximum atomic E-state index is 13.5. The Morgan fingerprint density at radius 3 is 2.05 bits per heavy atom. The Morgan fingerprint density at radius 2 is 1.68 bits per heavy atom. The van der Waals surface area contributed by atoms with Crippen molar-refractivity contribution >= 4 is 11.6 Å². The van der Waals surface area contributed by atoms with Crippen LogP contribution in [-0.4, -0.2) is 47.3 Å². The molecule has 106 valence electrons. The predicted molar refractivity (Wildman–Crippen MR) is 64.2 cm³/mol. The second-order valence-corrected chi connectivity index (χ2v) is 3.70. The molecule has 0 aliphatic rings. The van der Waals surface area contributed by atoms with Crippen molar-refractivity contribution in [3.63, 3.8) is 0 Å². The van der Waals surface area contributed by atoms with Crippen molar-refractivity contribution in [1.29, 1.82) is 0 Å². The van der Waals surface area contributed by atoms with Gasteiger partial charge in [0, 0.05) is 18.7 Å². The van der Waals surface area contributed by atoms with Gasteiger partial charge in [0.2, 0.25) is 0 Å². The molecule has 6 nitrogen and oxygen atoms in total. The SMILES string of the molecule is NNc1c(F)cc(C(=O)N(CCO)CCO)cc1F. The fourth-order valence-electron chi connectivity index (χ4n) is 1.57. The van der Waals surface area contributed by atoms with E-state index < -0.39 is 23.2 Å². The first-order valence-corrected chi connectivity index (χ1v) is 5.51. The minimum absolute atomic E-state index is 0.0421. The summed E-state index contributed by atoms with van der Waals surface area (Å²) in [5.74, 6) is 2.25. The zero-order valence-electron chi connectivity index (χ0n) is 10.1. The smallest absolute Gasteiger partial charge is 0.254 e. The first-order valence-electron chi connectivity index (χ1n) is 5.51. The molecule has 0 fully saturated rings. The molecule has 0 aliphatic carbocycles. The second-order valence-electron chi connectivity index (χ2n) is 3.70. The molecule has 1 aromatic carbocycles. The first-order chi connectivity index (χ1) is 9.04. The van der Waals surface area contributed by atoms with Gasteiger partial charge in [0.25, 0.3) is 5.91 Å². The van der Waals surface area contributed by atoms with Crippen LogP contribution in [0.4, 0.5) is 14.5 Å². The zero-order valence-corrected chi connectivity index (χ0v) is 10.1. The van der Waals surface area contributed by atoms with Gasteiger partial charge in [-0.05, 0) is 12.1 Å². The molecule has 1 amide bonds. The molecule has 0 saturated heterocycles. The highest BCUT2D eigenvalue weighted by Crippen LogP contribution is 2.20. The molecule has 0 saturated carbocycles. The molecule has 0 spiro atoms. The summed E-state index contributed by atoms with van der Waals surface area (Å²) in [6.07, 6.45) is 0. The molecule has 0 atom stereocenters. The van der Waals surface area contributed by atoms with Crippen LogP contribution < -0.4 is 11.3 Å². The van der Waals surface area contributed by atoms with E-state index in [9.17, 15) is 13.6 Å². The maximum Gasteiger partial charge on any atom is 0.254 e. The maximum absolute atomic E-state index is 13.5. The van der Waals surface area contributed by atoms with Gasteiger partial charge in [-0.2, -0.15) is 0 Å². The van der Waals surface area contributed by atoms with Gasteiger partial charge >= 0.3 is 0 Å². The highest BCUT2D eigenvalue weighted by atomic mass is 19.1. The van der Waals surface area contributed by atoms with E-state index in [0.717, 1.165) is 17.0 Å². The van der Waals surface area contributed by atoms with E-state index in [1.165, 1.54) is 0 Å². The number of halogens is 2. The molecule has 8 heteroatoms. The van der Waals surface area contributed by atoms with Gasteiger partial charge in [-0.15, -0.1) is 0 Å². The van der Waals surface area contributed by atoms with Gasteiger partial charge < -0.3 is 20.5 Å². The van der Waals surface area contributed by atoms with E-state index in [0.29, 0.717) is 0 Å². The van der Waals surface area contributed by atoms with E-state index in [-0.39, 0.29) is 31.9 Å². The third-order valence-corrected chi connectivity index (χ3v) is 2.46. The fourth-order valence-corrected chi connectivity index (χ4v) is 1.57. The average Bonchev–Trinajstić information content (AvgIpc) is 2.37. The number of nitrogens with zero attached hydrogens (tertiary/aromatic N) is 1. The molecule has 0 aromatic heterocycles. The summed E-state index contributed by atoms with van der Waals surface area (Å²) in [4.78, 5) is 13.0. The third kappa shape index (κ3) is 3.60. The number of anilines is 1. The molecule has 1 rings (SSSR count). The van der Waals surface area contributed by atoms with Crippen LogP contribution in [0.3, 0.4) is 0 Å². The highest BCUT2D eigenvalue weighted by Gasteiger charge is 2.19. The van der Waals surface area contributed by atoms with Crippen molar-refractivity contribution in [2.45, 2.75) is 0 Å². The molecular formula is C11H15F2N3O3. The molecular weight excluding hydrogens is 260 g/mol. The van der Waals surface area contributed by atoms with Crippen molar-refractivity contribution in [3.05, 3.63) is 29.3 Å². The van der Waals surface area contributed by atoms with E-state index in [4.69, 9.17) is 16.1 Å². The van der Waals surface area contributed by atoms with Crippen LogP contribution in [0.2, 0.25) is 0 Å². The second kappa shape index (κ2) is 6.98. The quantitative estimate of drug-likeness (QED) is 0.421. The predicted octanol–water partition coefficient (Wildman–Crippen LogP) is -0.323.